The van der Waals surface area contributed by atoms with Crippen LogP contribution in [0.15, 0.2) is 17.5 Å². The van der Waals surface area contributed by atoms with Crippen LogP contribution in [-0.2, 0) is 9.59 Å². The van der Waals surface area contributed by atoms with Crippen LogP contribution in [0.4, 0.5) is 0 Å². The van der Waals surface area contributed by atoms with E-state index in [0.717, 1.165) is 4.88 Å². The summed E-state index contributed by atoms with van der Waals surface area (Å²) in [7, 11) is 0. The summed E-state index contributed by atoms with van der Waals surface area (Å²) >= 11 is 1.49. The fourth-order valence-corrected chi connectivity index (χ4v) is 1.63. The summed E-state index contributed by atoms with van der Waals surface area (Å²) in [6.45, 7) is 1.28. The molecule has 0 saturated heterocycles. The Bertz CT molecular complexity index is 428. The Hall–Kier alpha value is -1.80. The maximum absolute atomic E-state index is 10.7. The van der Waals surface area contributed by atoms with E-state index in [1.165, 1.54) is 18.3 Å². The lowest BCUT2D eigenvalue weighted by Crippen LogP contribution is -2.39. The zero-order valence-electron chi connectivity index (χ0n) is 8.69. The Labute approximate surface area is 97.3 Å². The Morgan fingerprint density at radius 3 is 2.88 bits per heavy atom. The standard InChI is InChI=1S/C11H11NO3S/c1-8(13)12-10(11(14)15)6-2-4-9-5-3-7-16-9/h3,5,7,10H,6H2,1H3,(H,12,13)(H,14,15). The molecule has 1 unspecified atom stereocenters. The fourth-order valence-electron chi connectivity index (χ4n) is 1.04. The average molecular weight is 237 g/mol. The molecule has 0 aromatic carbocycles. The summed E-state index contributed by atoms with van der Waals surface area (Å²) < 4.78 is 0. The number of aliphatic carboxylic acids is 1. The minimum absolute atomic E-state index is 0.104. The van der Waals surface area contributed by atoms with E-state index < -0.39 is 12.0 Å². The minimum atomic E-state index is -1.07. The van der Waals surface area contributed by atoms with Crippen molar-refractivity contribution in [1.82, 2.24) is 5.32 Å². The van der Waals surface area contributed by atoms with E-state index in [9.17, 15) is 9.59 Å². The van der Waals surface area contributed by atoms with Gasteiger partial charge < -0.3 is 10.4 Å². The molecule has 0 aliphatic carbocycles. The molecule has 4 nitrogen and oxygen atoms in total. The molecule has 1 rings (SSSR count). The number of nitrogens with one attached hydrogen (secondary N) is 1. The molecule has 0 aliphatic rings. The number of hydrogen-bond acceptors (Lipinski definition) is 3. The SMILES string of the molecule is CC(=O)NC(CC#Cc1cccs1)C(=O)O. The summed E-state index contributed by atoms with van der Waals surface area (Å²) in [6, 6.07) is 2.79. The summed E-state index contributed by atoms with van der Waals surface area (Å²) in [5, 5.41) is 13.0. The van der Waals surface area contributed by atoms with E-state index in [1.54, 1.807) is 0 Å². The maximum atomic E-state index is 10.7. The van der Waals surface area contributed by atoms with Crippen LogP contribution >= 0.6 is 11.3 Å². The lowest BCUT2D eigenvalue weighted by molar-refractivity contribution is -0.141. The molecule has 0 bridgehead atoms. The van der Waals surface area contributed by atoms with E-state index in [1.807, 2.05) is 17.5 Å². The van der Waals surface area contributed by atoms with Crippen LogP contribution in [0.5, 0.6) is 0 Å². The van der Waals surface area contributed by atoms with Crippen LogP contribution in [0, 0.1) is 11.8 Å². The number of carbonyl (C=O) groups excluding carboxylic acids is 1. The number of carboxylic acid groups (broad SMARTS) is 1. The molecule has 0 spiro atoms. The average Bonchev–Trinajstić information content (AvgIpc) is 2.68. The number of rotatable bonds is 3. The summed E-state index contributed by atoms with van der Waals surface area (Å²) in [5.74, 6) is 4.13. The topological polar surface area (TPSA) is 66.4 Å². The zero-order valence-corrected chi connectivity index (χ0v) is 9.50. The van der Waals surface area contributed by atoms with Crippen molar-refractivity contribution in [3.63, 3.8) is 0 Å². The van der Waals surface area contributed by atoms with E-state index in [-0.39, 0.29) is 12.3 Å². The Balaban J connectivity index is 2.56. The summed E-state index contributed by atoms with van der Waals surface area (Å²) in [4.78, 5) is 22.4. The molecule has 5 heteroatoms. The molecule has 1 aromatic heterocycles. The molecule has 16 heavy (non-hydrogen) atoms. The number of carbonyl (C=O) groups is 2. The third-order valence-corrected chi connectivity index (χ3v) is 2.50. The third-order valence-electron chi connectivity index (χ3n) is 1.71. The number of carboxylic acids is 1. The van der Waals surface area contributed by atoms with Gasteiger partial charge in [0.1, 0.15) is 6.04 Å². The molecule has 84 valence electrons. The van der Waals surface area contributed by atoms with Crippen molar-refractivity contribution in [2.24, 2.45) is 0 Å². The second-order valence-corrected chi connectivity index (χ2v) is 4.02. The minimum Gasteiger partial charge on any atom is -0.480 e. The fraction of sp³-hybridized carbons (Fsp3) is 0.273. The second kappa shape index (κ2) is 5.93. The molecule has 1 heterocycles. The van der Waals surface area contributed by atoms with E-state index in [4.69, 9.17) is 5.11 Å². The predicted octanol–water partition coefficient (Wildman–Crippen LogP) is 1.08. The molecule has 1 amide bonds. The quantitative estimate of drug-likeness (QED) is 0.773. The van der Waals surface area contributed by atoms with Crippen LogP contribution in [0.25, 0.3) is 0 Å². The molecular weight excluding hydrogens is 226 g/mol. The largest absolute Gasteiger partial charge is 0.480 e. The van der Waals surface area contributed by atoms with Gasteiger partial charge in [-0.05, 0) is 11.4 Å². The van der Waals surface area contributed by atoms with Gasteiger partial charge in [0.05, 0.1) is 4.88 Å². The first-order chi connectivity index (χ1) is 7.59. The van der Waals surface area contributed by atoms with Gasteiger partial charge >= 0.3 is 5.97 Å². The van der Waals surface area contributed by atoms with E-state index in [2.05, 4.69) is 17.2 Å². The molecule has 1 aromatic rings. The van der Waals surface area contributed by atoms with Crippen molar-refractivity contribution in [3.8, 4) is 11.8 Å². The van der Waals surface area contributed by atoms with Crippen LogP contribution in [0.2, 0.25) is 0 Å². The molecule has 2 N–H and O–H groups in total. The maximum Gasteiger partial charge on any atom is 0.327 e. The second-order valence-electron chi connectivity index (χ2n) is 3.07. The van der Waals surface area contributed by atoms with Crippen LogP contribution in [0.3, 0.4) is 0 Å². The van der Waals surface area contributed by atoms with E-state index >= 15 is 0 Å². The van der Waals surface area contributed by atoms with Crippen molar-refractivity contribution in [3.05, 3.63) is 22.4 Å². The highest BCUT2D eigenvalue weighted by Gasteiger charge is 2.16. The highest BCUT2D eigenvalue weighted by Crippen LogP contribution is 2.05. The molecule has 1 atom stereocenters. The molecule has 0 fully saturated rings. The summed E-state index contributed by atoms with van der Waals surface area (Å²) in [6.07, 6.45) is 0.104. The first kappa shape index (κ1) is 12.3. The van der Waals surface area contributed by atoms with Gasteiger partial charge in [-0.1, -0.05) is 17.9 Å². The third kappa shape index (κ3) is 4.15. The van der Waals surface area contributed by atoms with Crippen LogP contribution in [0.1, 0.15) is 18.2 Å². The highest BCUT2D eigenvalue weighted by atomic mass is 32.1. The monoisotopic (exact) mass is 237 g/mol. The van der Waals surface area contributed by atoms with Gasteiger partial charge in [0, 0.05) is 13.3 Å². The Morgan fingerprint density at radius 1 is 1.62 bits per heavy atom. The number of hydrogen-bond donors (Lipinski definition) is 2. The lowest BCUT2D eigenvalue weighted by atomic mass is 10.2. The first-order valence-electron chi connectivity index (χ1n) is 4.62. The van der Waals surface area contributed by atoms with Gasteiger partial charge in [0.2, 0.25) is 5.91 Å². The van der Waals surface area contributed by atoms with Gasteiger partial charge in [0.15, 0.2) is 0 Å². The van der Waals surface area contributed by atoms with Crippen molar-refractivity contribution in [1.29, 1.82) is 0 Å². The van der Waals surface area contributed by atoms with Gasteiger partial charge in [-0.25, -0.2) is 4.79 Å². The molecule has 0 aliphatic heterocycles. The summed E-state index contributed by atoms with van der Waals surface area (Å²) in [5.41, 5.74) is 0. The number of thiophene rings is 1. The van der Waals surface area contributed by atoms with Crippen LogP contribution in [-0.4, -0.2) is 23.0 Å². The van der Waals surface area contributed by atoms with Crippen molar-refractivity contribution < 1.29 is 14.7 Å². The Kier molecular flexibility index (Phi) is 4.55. The Morgan fingerprint density at radius 2 is 2.38 bits per heavy atom. The molecule has 0 saturated carbocycles. The number of amides is 1. The lowest BCUT2D eigenvalue weighted by Gasteiger charge is -2.08. The van der Waals surface area contributed by atoms with Gasteiger partial charge in [0.25, 0.3) is 0 Å². The van der Waals surface area contributed by atoms with Gasteiger partial charge in [-0.15, -0.1) is 11.3 Å². The smallest absolute Gasteiger partial charge is 0.327 e. The van der Waals surface area contributed by atoms with Crippen LogP contribution < -0.4 is 5.32 Å². The van der Waals surface area contributed by atoms with Crippen molar-refractivity contribution in [2.45, 2.75) is 19.4 Å². The van der Waals surface area contributed by atoms with Crippen molar-refractivity contribution in [2.75, 3.05) is 0 Å². The first-order valence-corrected chi connectivity index (χ1v) is 5.50. The molecule has 0 radical (unpaired) electrons. The van der Waals surface area contributed by atoms with E-state index in [0.29, 0.717) is 0 Å². The van der Waals surface area contributed by atoms with Gasteiger partial charge in [-0.3, -0.25) is 4.79 Å². The van der Waals surface area contributed by atoms with Gasteiger partial charge in [-0.2, -0.15) is 0 Å². The molecular formula is C11H11NO3S. The predicted molar refractivity (Wildman–Crippen MR) is 61.1 cm³/mol. The highest BCUT2D eigenvalue weighted by molar-refractivity contribution is 7.10. The zero-order chi connectivity index (χ0) is 12.0. The normalized spacial score (nSPS) is 11.1. The van der Waals surface area contributed by atoms with Crippen molar-refractivity contribution >= 4 is 23.2 Å².